The Morgan fingerprint density at radius 3 is 2.53 bits per heavy atom. The molecule has 4 nitrogen and oxygen atoms in total. The number of nitrogens with two attached hydrogens (primary N) is 1. The van der Waals surface area contributed by atoms with Crippen molar-refractivity contribution in [3.05, 3.63) is 22.2 Å². The molecule has 0 saturated carbocycles. The van der Waals surface area contributed by atoms with Gasteiger partial charge in [0.25, 0.3) is 0 Å². The van der Waals surface area contributed by atoms with Crippen molar-refractivity contribution in [1.82, 2.24) is 4.72 Å². The molecule has 0 bridgehead atoms. The van der Waals surface area contributed by atoms with Gasteiger partial charge in [-0.2, -0.15) is 0 Å². The average molecular weight is 321 g/mol. The third kappa shape index (κ3) is 3.69. The fourth-order valence-electron chi connectivity index (χ4n) is 1.31. The molecule has 6 heteroatoms. The molecule has 0 spiro atoms. The van der Waals surface area contributed by atoms with Crippen LogP contribution < -0.4 is 10.5 Å². The molecule has 3 N–H and O–H groups in total. The number of anilines is 1. The third-order valence-electron chi connectivity index (χ3n) is 2.34. The van der Waals surface area contributed by atoms with Crippen molar-refractivity contribution < 1.29 is 8.42 Å². The van der Waals surface area contributed by atoms with Crippen LogP contribution in [0, 0.1) is 12.8 Å². The zero-order chi connectivity index (χ0) is 13.2. The Balaban J connectivity index is 3.15. The lowest BCUT2D eigenvalue weighted by molar-refractivity contribution is 0.559. The highest BCUT2D eigenvalue weighted by atomic mass is 79.9. The first-order valence-electron chi connectivity index (χ1n) is 5.29. The molecule has 0 aliphatic rings. The van der Waals surface area contributed by atoms with E-state index in [0.717, 1.165) is 0 Å². The van der Waals surface area contributed by atoms with E-state index in [9.17, 15) is 8.42 Å². The number of sulfonamides is 1. The first-order chi connectivity index (χ1) is 7.74. The van der Waals surface area contributed by atoms with Crippen molar-refractivity contribution in [2.45, 2.75) is 25.7 Å². The molecule has 0 radical (unpaired) electrons. The van der Waals surface area contributed by atoms with Crippen LogP contribution in [-0.4, -0.2) is 15.0 Å². The largest absolute Gasteiger partial charge is 0.398 e. The molecule has 0 amide bonds. The van der Waals surface area contributed by atoms with Gasteiger partial charge in [0, 0.05) is 16.7 Å². The SMILES string of the molecule is Cc1c(N)cc(Br)cc1S(=O)(=O)NCC(C)C. The maximum atomic E-state index is 12.1. The van der Waals surface area contributed by atoms with Gasteiger partial charge in [-0.1, -0.05) is 29.8 Å². The highest BCUT2D eigenvalue weighted by Crippen LogP contribution is 2.26. The number of hydrogen-bond donors (Lipinski definition) is 2. The summed E-state index contributed by atoms with van der Waals surface area (Å²) in [7, 11) is -3.49. The Labute approximate surface area is 111 Å². The summed E-state index contributed by atoms with van der Waals surface area (Å²) in [6.07, 6.45) is 0. The fraction of sp³-hybridized carbons (Fsp3) is 0.455. The number of rotatable bonds is 4. The maximum absolute atomic E-state index is 12.1. The van der Waals surface area contributed by atoms with E-state index in [0.29, 0.717) is 22.3 Å². The molecule has 0 heterocycles. The Bertz CT molecular complexity index is 512. The van der Waals surface area contributed by atoms with E-state index in [-0.39, 0.29) is 10.8 Å². The van der Waals surface area contributed by atoms with Crippen molar-refractivity contribution >= 4 is 31.6 Å². The van der Waals surface area contributed by atoms with Crippen LogP contribution in [0.4, 0.5) is 5.69 Å². The molecular weight excluding hydrogens is 304 g/mol. The minimum absolute atomic E-state index is 0.227. The second-order valence-corrected chi connectivity index (χ2v) is 7.01. The lowest BCUT2D eigenvalue weighted by atomic mass is 10.2. The van der Waals surface area contributed by atoms with E-state index in [1.165, 1.54) is 0 Å². The summed E-state index contributed by atoms with van der Waals surface area (Å²) in [5.41, 5.74) is 6.79. The lowest BCUT2D eigenvalue weighted by Gasteiger charge is -2.12. The van der Waals surface area contributed by atoms with E-state index in [4.69, 9.17) is 5.73 Å². The van der Waals surface area contributed by atoms with Gasteiger partial charge in [-0.3, -0.25) is 0 Å². The number of halogens is 1. The van der Waals surface area contributed by atoms with Crippen LogP contribution in [0.25, 0.3) is 0 Å². The van der Waals surface area contributed by atoms with Crippen LogP contribution in [0.15, 0.2) is 21.5 Å². The highest BCUT2D eigenvalue weighted by molar-refractivity contribution is 9.10. The first kappa shape index (κ1) is 14.5. The minimum Gasteiger partial charge on any atom is -0.398 e. The lowest BCUT2D eigenvalue weighted by Crippen LogP contribution is -2.28. The Kier molecular flexibility index (Phi) is 4.57. The van der Waals surface area contributed by atoms with Crippen LogP contribution in [-0.2, 0) is 10.0 Å². The van der Waals surface area contributed by atoms with Crippen molar-refractivity contribution in [1.29, 1.82) is 0 Å². The normalized spacial score (nSPS) is 12.1. The van der Waals surface area contributed by atoms with Gasteiger partial charge >= 0.3 is 0 Å². The van der Waals surface area contributed by atoms with Gasteiger partial charge in [-0.25, -0.2) is 13.1 Å². The average Bonchev–Trinajstić information content (AvgIpc) is 2.20. The van der Waals surface area contributed by atoms with Gasteiger partial charge in [0.15, 0.2) is 0 Å². The molecule has 0 aromatic heterocycles. The summed E-state index contributed by atoms with van der Waals surface area (Å²) in [6, 6.07) is 3.26. The minimum atomic E-state index is -3.49. The van der Waals surface area contributed by atoms with Crippen LogP contribution in [0.1, 0.15) is 19.4 Å². The monoisotopic (exact) mass is 320 g/mol. The number of nitrogens with one attached hydrogen (secondary N) is 1. The summed E-state index contributed by atoms with van der Waals surface area (Å²) >= 11 is 3.25. The highest BCUT2D eigenvalue weighted by Gasteiger charge is 2.18. The fourth-order valence-corrected chi connectivity index (χ4v) is 3.45. The molecule has 1 rings (SSSR count). The topological polar surface area (TPSA) is 72.2 Å². The van der Waals surface area contributed by atoms with Gasteiger partial charge in [0.1, 0.15) is 0 Å². The van der Waals surface area contributed by atoms with E-state index >= 15 is 0 Å². The summed E-state index contributed by atoms with van der Waals surface area (Å²) in [6.45, 7) is 6.01. The zero-order valence-electron chi connectivity index (χ0n) is 10.1. The molecule has 0 fully saturated rings. The van der Waals surface area contributed by atoms with E-state index in [1.807, 2.05) is 13.8 Å². The van der Waals surface area contributed by atoms with Crippen molar-refractivity contribution in [2.24, 2.45) is 5.92 Å². The summed E-state index contributed by atoms with van der Waals surface area (Å²) in [5, 5.41) is 0. The standard InChI is InChI=1S/C11H17BrN2O2S/c1-7(2)6-14-17(15,16)11-5-9(12)4-10(13)8(11)3/h4-5,7,14H,6,13H2,1-3H3. The van der Waals surface area contributed by atoms with Crippen LogP contribution in [0.2, 0.25) is 0 Å². The van der Waals surface area contributed by atoms with Crippen molar-refractivity contribution in [3.8, 4) is 0 Å². The van der Waals surface area contributed by atoms with Crippen molar-refractivity contribution in [2.75, 3.05) is 12.3 Å². The van der Waals surface area contributed by atoms with Gasteiger partial charge in [-0.15, -0.1) is 0 Å². The molecule has 0 atom stereocenters. The molecule has 17 heavy (non-hydrogen) atoms. The summed E-state index contributed by atoms with van der Waals surface area (Å²) in [5.74, 6) is 0.259. The van der Waals surface area contributed by atoms with E-state index in [2.05, 4.69) is 20.7 Å². The smallest absolute Gasteiger partial charge is 0.240 e. The molecule has 1 aromatic rings. The Hall–Kier alpha value is -0.590. The predicted molar refractivity (Wildman–Crippen MR) is 73.3 cm³/mol. The van der Waals surface area contributed by atoms with Crippen LogP contribution in [0.3, 0.4) is 0 Å². The van der Waals surface area contributed by atoms with Gasteiger partial charge in [0.2, 0.25) is 10.0 Å². The molecule has 1 aromatic carbocycles. The molecule has 0 saturated heterocycles. The molecule has 0 unspecified atom stereocenters. The van der Waals surface area contributed by atoms with Gasteiger partial charge < -0.3 is 5.73 Å². The second-order valence-electron chi connectivity index (χ2n) is 4.36. The number of nitrogen functional groups attached to an aromatic ring is 1. The van der Waals surface area contributed by atoms with Crippen LogP contribution in [0.5, 0.6) is 0 Å². The summed E-state index contributed by atoms with van der Waals surface area (Å²) < 4.78 is 27.4. The van der Waals surface area contributed by atoms with Gasteiger partial charge in [0.05, 0.1) is 4.90 Å². The van der Waals surface area contributed by atoms with E-state index in [1.54, 1.807) is 19.1 Å². The molecule has 0 aliphatic carbocycles. The molecule has 0 aliphatic heterocycles. The second kappa shape index (κ2) is 5.37. The summed E-state index contributed by atoms with van der Waals surface area (Å²) in [4.78, 5) is 0.227. The maximum Gasteiger partial charge on any atom is 0.240 e. The van der Waals surface area contributed by atoms with Crippen LogP contribution >= 0.6 is 15.9 Å². The molecule has 96 valence electrons. The first-order valence-corrected chi connectivity index (χ1v) is 7.57. The number of benzene rings is 1. The van der Waals surface area contributed by atoms with E-state index < -0.39 is 10.0 Å². The predicted octanol–water partition coefficient (Wildman–Crippen LogP) is 2.27. The Morgan fingerprint density at radius 2 is 2.00 bits per heavy atom. The number of hydrogen-bond acceptors (Lipinski definition) is 3. The third-order valence-corrected chi connectivity index (χ3v) is 4.34. The van der Waals surface area contributed by atoms with Gasteiger partial charge in [-0.05, 0) is 30.5 Å². The Morgan fingerprint density at radius 1 is 1.41 bits per heavy atom. The van der Waals surface area contributed by atoms with Crippen molar-refractivity contribution in [3.63, 3.8) is 0 Å². The zero-order valence-corrected chi connectivity index (χ0v) is 12.5. The molecular formula is C11H17BrN2O2S. The quantitative estimate of drug-likeness (QED) is 0.836.